The minimum absolute atomic E-state index is 0.00144. The maximum absolute atomic E-state index is 13.0. The van der Waals surface area contributed by atoms with Gasteiger partial charge >= 0.3 is 0 Å². The lowest BCUT2D eigenvalue weighted by atomic mass is 9.96. The average Bonchev–Trinajstić information content (AvgIpc) is 3.60. The largest absolute Gasteiger partial charge is 0.455 e. The molecule has 0 bridgehead atoms. The number of carbonyl (C=O) groups is 1. The van der Waals surface area contributed by atoms with Gasteiger partial charge in [-0.2, -0.15) is 0 Å². The minimum Gasteiger partial charge on any atom is -0.455 e. The number of piperidine rings is 1. The van der Waals surface area contributed by atoms with Gasteiger partial charge in [0.15, 0.2) is 0 Å². The third kappa shape index (κ3) is 3.75. The quantitative estimate of drug-likeness (QED) is 0.866. The topological polar surface area (TPSA) is 67.3 Å². The fraction of sp³-hybridized carbons (Fsp3) is 0.348. The molecule has 148 valence electrons. The Morgan fingerprint density at radius 3 is 2.93 bits per heavy atom. The van der Waals surface area contributed by atoms with Crippen molar-refractivity contribution in [1.29, 1.82) is 0 Å². The van der Waals surface area contributed by atoms with E-state index in [2.05, 4.69) is 32.8 Å². The molecule has 1 aromatic heterocycles. The normalized spacial score (nSPS) is 21.1. The van der Waals surface area contributed by atoms with E-state index in [9.17, 15) is 4.79 Å². The Balaban J connectivity index is 1.28. The number of nitrogens with zero attached hydrogens (tertiary/aromatic N) is 3. The summed E-state index contributed by atoms with van der Waals surface area (Å²) in [4.78, 5) is 24.0. The molecule has 29 heavy (non-hydrogen) atoms. The molecule has 3 heterocycles. The number of hydrogen-bond donors (Lipinski definition) is 1. The van der Waals surface area contributed by atoms with Crippen molar-refractivity contribution in [3.63, 3.8) is 0 Å². The van der Waals surface area contributed by atoms with Crippen LogP contribution in [-0.4, -0.2) is 29.0 Å². The number of rotatable bonds is 4. The molecule has 6 heteroatoms. The summed E-state index contributed by atoms with van der Waals surface area (Å²) in [7, 11) is 0. The third-order valence-electron chi connectivity index (χ3n) is 5.80. The second-order valence-corrected chi connectivity index (χ2v) is 7.97. The highest BCUT2D eigenvalue weighted by molar-refractivity contribution is 5.84. The van der Waals surface area contributed by atoms with E-state index in [1.165, 1.54) is 12.8 Å². The first-order valence-corrected chi connectivity index (χ1v) is 10.2. The van der Waals surface area contributed by atoms with E-state index in [0.29, 0.717) is 23.9 Å². The second kappa shape index (κ2) is 7.35. The molecule has 2 fully saturated rings. The van der Waals surface area contributed by atoms with Gasteiger partial charge in [0, 0.05) is 36.3 Å². The number of hydrogen-bond acceptors (Lipinski definition) is 5. The molecule has 0 spiro atoms. The van der Waals surface area contributed by atoms with Crippen molar-refractivity contribution in [2.24, 2.45) is 5.92 Å². The van der Waals surface area contributed by atoms with Gasteiger partial charge in [0.05, 0.1) is 11.6 Å². The molecule has 1 N–H and O–H groups in total. The predicted octanol–water partition coefficient (Wildman–Crippen LogP) is 3.63. The predicted molar refractivity (Wildman–Crippen MR) is 111 cm³/mol. The number of aromatic nitrogens is 2. The number of nitrogens with one attached hydrogen (secondary N) is 1. The van der Waals surface area contributed by atoms with E-state index in [1.54, 1.807) is 6.33 Å². The molecule has 3 aliphatic rings. The first-order valence-electron chi connectivity index (χ1n) is 10.2. The number of carbonyl (C=O) groups excluding carboxylic acids is 1. The van der Waals surface area contributed by atoms with Crippen molar-refractivity contribution >= 4 is 17.8 Å². The highest BCUT2D eigenvalue weighted by atomic mass is 16.5. The van der Waals surface area contributed by atoms with Crippen molar-refractivity contribution in [2.75, 3.05) is 18.0 Å². The maximum Gasteiger partial charge on any atom is 0.229 e. The Labute approximate surface area is 170 Å². The molecule has 6 nitrogen and oxygen atoms in total. The van der Waals surface area contributed by atoms with Gasteiger partial charge in [-0.25, -0.2) is 9.97 Å². The number of benzene rings is 1. The molecule has 1 saturated heterocycles. The lowest BCUT2D eigenvalue weighted by molar-refractivity contribution is -0.124. The van der Waals surface area contributed by atoms with Crippen molar-refractivity contribution in [3.05, 3.63) is 66.0 Å². The molecule has 1 unspecified atom stereocenters. The van der Waals surface area contributed by atoms with Gasteiger partial charge in [-0.1, -0.05) is 24.8 Å². The number of fused-ring (bicyclic) bond motifs is 1. The van der Waals surface area contributed by atoms with E-state index in [1.807, 2.05) is 30.3 Å². The number of para-hydroxylation sites is 1. The monoisotopic (exact) mass is 388 g/mol. The van der Waals surface area contributed by atoms with Crippen LogP contribution in [0.15, 0.2) is 54.7 Å². The van der Waals surface area contributed by atoms with E-state index in [-0.39, 0.29) is 11.8 Å². The Bertz CT molecular complexity index is 996. The molecule has 2 aliphatic heterocycles. The van der Waals surface area contributed by atoms with Gasteiger partial charge < -0.3 is 15.0 Å². The summed E-state index contributed by atoms with van der Waals surface area (Å²) in [5, 5.41) is 3.03. The Hall–Kier alpha value is -3.15. The molecule has 0 radical (unpaired) electrons. The van der Waals surface area contributed by atoms with Crippen molar-refractivity contribution in [3.8, 4) is 5.75 Å². The number of ether oxygens (including phenoxy) is 1. The van der Waals surface area contributed by atoms with Crippen molar-refractivity contribution < 1.29 is 9.53 Å². The lowest BCUT2D eigenvalue weighted by Gasteiger charge is -2.33. The van der Waals surface area contributed by atoms with Gasteiger partial charge in [0.2, 0.25) is 5.91 Å². The van der Waals surface area contributed by atoms with Crippen LogP contribution in [0.25, 0.3) is 6.08 Å². The highest BCUT2D eigenvalue weighted by Crippen LogP contribution is 2.39. The van der Waals surface area contributed by atoms with Gasteiger partial charge in [-0.05, 0) is 37.8 Å². The molecule has 2 aromatic rings. The van der Waals surface area contributed by atoms with Crippen LogP contribution in [0.1, 0.15) is 42.9 Å². The smallest absolute Gasteiger partial charge is 0.229 e. The van der Waals surface area contributed by atoms with E-state index in [4.69, 9.17) is 4.74 Å². The molecule has 1 aliphatic carbocycles. The first-order chi connectivity index (χ1) is 14.2. The highest BCUT2D eigenvalue weighted by Gasteiger charge is 2.30. The minimum atomic E-state index is -0.103. The lowest BCUT2D eigenvalue weighted by Crippen LogP contribution is -2.43. The van der Waals surface area contributed by atoms with Crippen molar-refractivity contribution in [2.45, 2.75) is 31.6 Å². The first kappa shape index (κ1) is 17.9. The van der Waals surface area contributed by atoms with Gasteiger partial charge in [-0.15, -0.1) is 0 Å². The summed E-state index contributed by atoms with van der Waals surface area (Å²) < 4.78 is 5.76. The zero-order valence-corrected chi connectivity index (χ0v) is 16.3. The van der Waals surface area contributed by atoms with Crippen LogP contribution in [0.4, 0.5) is 5.82 Å². The average molecular weight is 388 g/mol. The third-order valence-corrected chi connectivity index (χ3v) is 5.80. The molecule has 5 rings (SSSR count). The van der Waals surface area contributed by atoms with E-state index >= 15 is 0 Å². The molecule has 1 amide bonds. The van der Waals surface area contributed by atoms with Crippen LogP contribution in [0.3, 0.4) is 0 Å². The van der Waals surface area contributed by atoms with Crippen LogP contribution in [0.2, 0.25) is 0 Å². The summed E-state index contributed by atoms with van der Waals surface area (Å²) in [6.07, 6.45) is 7.82. The van der Waals surface area contributed by atoms with Gasteiger partial charge in [0.25, 0.3) is 0 Å². The van der Waals surface area contributed by atoms with Gasteiger partial charge in [0.1, 0.15) is 23.7 Å². The van der Waals surface area contributed by atoms with E-state index in [0.717, 1.165) is 42.2 Å². The fourth-order valence-corrected chi connectivity index (χ4v) is 3.99. The SMILES string of the molecule is C=C1Oc2ccccc2C=C1NC(=O)C1CCCN(c2cc(C3CC3)ncn2)C1. The van der Waals surface area contributed by atoms with Crippen molar-refractivity contribution in [1.82, 2.24) is 15.3 Å². The van der Waals surface area contributed by atoms with Crippen LogP contribution < -0.4 is 15.0 Å². The number of anilines is 1. The summed E-state index contributed by atoms with van der Waals surface area (Å²) >= 11 is 0. The molecule has 1 aromatic carbocycles. The summed E-state index contributed by atoms with van der Waals surface area (Å²) in [6, 6.07) is 9.81. The fourth-order valence-electron chi connectivity index (χ4n) is 3.99. The summed E-state index contributed by atoms with van der Waals surface area (Å²) in [5.41, 5.74) is 2.69. The van der Waals surface area contributed by atoms with E-state index < -0.39 is 0 Å². The molecular formula is C23H24N4O2. The summed E-state index contributed by atoms with van der Waals surface area (Å²) in [5.74, 6) is 2.64. The van der Waals surface area contributed by atoms with Crippen LogP contribution >= 0.6 is 0 Å². The Kier molecular flexibility index (Phi) is 4.54. The molecule has 1 saturated carbocycles. The maximum atomic E-state index is 13.0. The van der Waals surface area contributed by atoms with Crippen LogP contribution in [0.5, 0.6) is 5.75 Å². The van der Waals surface area contributed by atoms with Crippen LogP contribution in [-0.2, 0) is 4.79 Å². The Morgan fingerprint density at radius 1 is 1.21 bits per heavy atom. The number of amides is 1. The molecular weight excluding hydrogens is 364 g/mol. The zero-order chi connectivity index (χ0) is 19.8. The van der Waals surface area contributed by atoms with Gasteiger partial charge in [-0.3, -0.25) is 4.79 Å². The zero-order valence-electron chi connectivity index (χ0n) is 16.3. The van der Waals surface area contributed by atoms with Crippen LogP contribution in [0, 0.1) is 5.92 Å². The molecule has 1 atom stereocenters. The summed E-state index contributed by atoms with van der Waals surface area (Å²) in [6.45, 7) is 5.53. The standard InChI is InChI=1S/C23H24N4O2/c1-15-19(11-17-5-2-3-7-21(17)29-15)26-23(28)18-6-4-10-27(13-18)22-12-20(16-8-9-16)24-14-25-22/h2-3,5,7,11-12,14,16,18H,1,4,6,8-10,13H2,(H,26,28). The second-order valence-electron chi connectivity index (χ2n) is 7.97. The Morgan fingerprint density at radius 2 is 2.07 bits per heavy atom.